The number of halogens is 1. The van der Waals surface area contributed by atoms with Gasteiger partial charge in [-0.3, -0.25) is 0 Å². The molecule has 0 aromatic heterocycles. The fourth-order valence-electron chi connectivity index (χ4n) is 4.42. The molecule has 1 aromatic rings. The van der Waals surface area contributed by atoms with E-state index in [1.165, 1.54) is 24.0 Å². The van der Waals surface area contributed by atoms with Crippen LogP contribution in [0.1, 0.15) is 36.3 Å². The van der Waals surface area contributed by atoms with Gasteiger partial charge in [-0.25, -0.2) is 0 Å². The van der Waals surface area contributed by atoms with Crippen molar-refractivity contribution in [3.8, 4) is 0 Å². The standard InChI is InChI=1S/C19H23ClN2/c20-16-5-6-17-15(12-16)4-3-14-2-1-9-22-19(14)18(17)13-7-10-21-11-8-13/h1-2,5-6,9,12-13,18-19,21-22H,3-4,7-8,10-11H2. The Kier molecular flexibility index (Phi) is 3.98. The lowest BCUT2D eigenvalue weighted by atomic mass is 9.74. The van der Waals surface area contributed by atoms with Gasteiger partial charge in [0.25, 0.3) is 0 Å². The van der Waals surface area contributed by atoms with Crippen molar-refractivity contribution in [3.63, 3.8) is 0 Å². The Morgan fingerprint density at radius 2 is 1.95 bits per heavy atom. The molecule has 2 nitrogen and oxygen atoms in total. The molecule has 2 atom stereocenters. The second-order valence-electron chi connectivity index (χ2n) is 6.70. The Morgan fingerprint density at radius 3 is 2.82 bits per heavy atom. The summed E-state index contributed by atoms with van der Waals surface area (Å²) in [4.78, 5) is 0. The molecule has 0 amide bonds. The van der Waals surface area contributed by atoms with E-state index in [-0.39, 0.29) is 0 Å². The zero-order valence-corrected chi connectivity index (χ0v) is 13.6. The van der Waals surface area contributed by atoms with Crippen LogP contribution in [0.2, 0.25) is 5.02 Å². The molecule has 1 aliphatic carbocycles. The van der Waals surface area contributed by atoms with Crippen LogP contribution in [0.25, 0.3) is 0 Å². The zero-order valence-electron chi connectivity index (χ0n) is 12.8. The monoisotopic (exact) mass is 314 g/mol. The van der Waals surface area contributed by atoms with E-state index >= 15 is 0 Å². The molecular formula is C19H23ClN2. The lowest BCUT2D eigenvalue weighted by Crippen LogP contribution is -2.41. The molecular weight excluding hydrogens is 292 g/mol. The Balaban J connectivity index is 1.78. The molecule has 1 aromatic carbocycles. The number of rotatable bonds is 1. The molecule has 1 fully saturated rings. The molecule has 2 heterocycles. The Morgan fingerprint density at radius 1 is 1.09 bits per heavy atom. The van der Waals surface area contributed by atoms with Gasteiger partial charge in [0.2, 0.25) is 0 Å². The van der Waals surface area contributed by atoms with E-state index in [9.17, 15) is 0 Å². The van der Waals surface area contributed by atoms with Gasteiger partial charge >= 0.3 is 0 Å². The minimum absolute atomic E-state index is 0.454. The summed E-state index contributed by atoms with van der Waals surface area (Å²) in [5, 5.41) is 8.03. The Labute approximate surface area is 137 Å². The molecule has 3 aliphatic rings. The van der Waals surface area contributed by atoms with Crippen molar-refractivity contribution in [3.05, 3.63) is 58.3 Å². The van der Waals surface area contributed by atoms with Crippen LogP contribution in [0.5, 0.6) is 0 Å². The zero-order chi connectivity index (χ0) is 14.9. The van der Waals surface area contributed by atoms with Crippen LogP contribution >= 0.6 is 11.6 Å². The van der Waals surface area contributed by atoms with E-state index in [1.54, 1.807) is 5.57 Å². The minimum atomic E-state index is 0.454. The largest absolute Gasteiger partial charge is 0.384 e. The summed E-state index contributed by atoms with van der Waals surface area (Å²) in [7, 11) is 0. The summed E-state index contributed by atoms with van der Waals surface area (Å²) in [5.74, 6) is 1.31. The SMILES string of the molecule is Clc1ccc2c(c1)CCC1=CC=CNC1C2C1CCNCC1. The van der Waals surface area contributed by atoms with Gasteiger partial charge in [0.05, 0.1) is 6.04 Å². The van der Waals surface area contributed by atoms with Crippen LogP contribution in [0.4, 0.5) is 0 Å². The van der Waals surface area contributed by atoms with Gasteiger partial charge in [-0.2, -0.15) is 0 Å². The van der Waals surface area contributed by atoms with Crippen LogP contribution in [0, 0.1) is 5.92 Å². The number of aryl methyl sites for hydroxylation is 1. The lowest BCUT2D eigenvalue weighted by Gasteiger charge is -2.38. The minimum Gasteiger partial charge on any atom is -0.384 e. The highest BCUT2D eigenvalue weighted by atomic mass is 35.5. The van der Waals surface area contributed by atoms with Gasteiger partial charge in [-0.1, -0.05) is 23.7 Å². The molecule has 0 saturated carbocycles. The highest BCUT2D eigenvalue weighted by Crippen LogP contribution is 2.42. The van der Waals surface area contributed by atoms with E-state index in [1.807, 2.05) is 0 Å². The summed E-state index contributed by atoms with van der Waals surface area (Å²) >= 11 is 6.26. The number of hydrogen-bond donors (Lipinski definition) is 2. The summed E-state index contributed by atoms with van der Waals surface area (Å²) in [6, 6.07) is 7.00. The van der Waals surface area contributed by atoms with Crippen LogP contribution in [-0.2, 0) is 6.42 Å². The summed E-state index contributed by atoms with van der Waals surface area (Å²) in [6.45, 7) is 2.29. The molecule has 0 spiro atoms. The third-order valence-electron chi connectivity index (χ3n) is 5.48. The first-order chi connectivity index (χ1) is 10.8. The van der Waals surface area contributed by atoms with Crippen molar-refractivity contribution in [1.29, 1.82) is 0 Å². The second kappa shape index (κ2) is 6.10. The maximum absolute atomic E-state index is 6.26. The number of nitrogens with one attached hydrogen (secondary N) is 2. The van der Waals surface area contributed by atoms with E-state index in [4.69, 9.17) is 11.6 Å². The average Bonchev–Trinajstić information content (AvgIpc) is 2.72. The number of piperidine rings is 1. The van der Waals surface area contributed by atoms with Gasteiger partial charge < -0.3 is 10.6 Å². The van der Waals surface area contributed by atoms with Gasteiger partial charge in [0.15, 0.2) is 0 Å². The summed E-state index contributed by atoms with van der Waals surface area (Å²) < 4.78 is 0. The van der Waals surface area contributed by atoms with Crippen molar-refractivity contribution in [2.45, 2.75) is 37.6 Å². The third-order valence-corrected chi connectivity index (χ3v) is 5.71. The molecule has 1 saturated heterocycles. The Bertz CT molecular complexity index is 614. The van der Waals surface area contributed by atoms with E-state index < -0.39 is 0 Å². The second-order valence-corrected chi connectivity index (χ2v) is 7.14. The lowest BCUT2D eigenvalue weighted by molar-refractivity contribution is 0.288. The maximum atomic E-state index is 6.26. The third kappa shape index (κ3) is 2.59. The molecule has 2 N–H and O–H groups in total. The van der Waals surface area contributed by atoms with Crippen LogP contribution in [0.3, 0.4) is 0 Å². The fourth-order valence-corrected chi connectivity index (χ4v) is 4.61. The molecule has 4 rings (SSSR count). The van der Waals surface area contributed by atoms with Crippen molar-refractivity contribution in [2.24, 2.45) is 5.92 Å². The van der Waals surface area contributed by atoms with Crippen molar-refractivity contribution in [1.82, 2.24) is 10.6 Å². The Hall–Kier alpha value is -1.25. The highest BCUT2D eigenvalue weighted by molar-refractivity contribution is 6.30. The molecule has 3 heteroatoms. The molecule has 0 radical (unpaired) electrons. The number of dihydropyridines is 1. The predicted octanol–water partition coefficient (Wildman–Crippen LogP) is 3.78. The van der Waals surface area contributed by atoms with Crippen LogP contribution in [-0.4, -0.2) is 19.1 Å². The van der Waals surface area contributed by atoms with E-state index in [0.29, 0.717) is 12.0 Å². The predicted molar refractivity (Wildman–Crippen MR) is 92.3 cm³/mol. The molecule has 2 aliphatic heterocycles. The van der Waals surface area contributed by atoms with Crippen LogP contribution < -0.4 is 10.6 Å². The van der Waals surface area contributed by atoms with Gasteiger partial charge in [0.1, 0.15) is 0 Å². The smallest absolute Gasteiger partial charge is 0.0542 e. The normalized spacial score (nSPS) is 28.1. The number of hydrogen-bond acceptors (Lipinski definition) is 2. The molecule has 116 valence electrons. The van der Waals surface area contributed by atoms with E-state index in [2.05, 4.69) is 47.2 Å². The van der Waals surface area contributed by atoms with Gasteiger partial charge in [-0.15, -0.1) is 0 Å². The molecule has 2 unspecified atom stereocenters. The first-order valence-electron chi connectivity index (χ1n) is 8.43. The highest BCUT2D eigenvalue weighted by Gasteiger charge is 2.36. The van der Waals surface area contributed by atoms with Crippen molar-refractivity contribution < 1.29 is 0 Å². The quantitative estimate of drug-likeness (QED) is 0.824. The van der Waals surface area contributed by atoms with E-state index in [0.717, 1.165) is 36.9 Å². The topological polar surface area (TPSA) is 24.1 Å². The van der Waals surface area contributed by atoms with Crippen LogP contribution in [0.15, 0.2) is 42.1 Å². The average molecular weight is 315 g/mol. The fraction of sp³-hybridized carbons (Fsp3) is 0.474. The summed E-state index contributed by atoms with van der Waals surface area (Å²) in [5.41, 5.74) is 4.53. The summed E-state index contributed by atoms with van der Waals surface area (Å²) in [6.07, 6.45) is 11.4. The molecule has 22 heavy (non-hydrogen) atoms. The molecule has 0 bridgehead atoms. The first-order valence-corrected chi connectivity index (χ1v) is 8.81. The van der Waals surface area contributed by atoms with Gasteiger partial charge in [-0.05, 0) is 85.8 Å². The number of fused-ring (bicyclic) bond motifs is 2. The maximum Gasteiger partial charge on any atom is 0.0542 e. The number of allylic oxidation sites excluding steroid dienone is 2. The van der Waals surface area contributed by atoms with Crippen molar-refractivity contribution in [2.75, 3.05) is 13.1 Å². The number of benzene rings is 1. The van der Waals surface area contributed by atoms with Gasteiger partial charge in [0, 0.05) is 10.9 Å². The first kappa shape index (κ1) is 14.3. The van der Waals surface area contributed by atoms with Crippen molar-refractivity contribution >= 4 is 11.6 Å².